The molecule has 0 bridgehead atoms. The quantitative estimate of drug-likeness (QED) is 0.799. The Hall–Kier alpha value is -2.75. The van der Waals surface area contributed by atoms with Crippen LogP contribution < -0.4 is 10.1 Å². The normalized spacial score (nSPS) is 10.6. The Morgan fingerprint density at radius 3 is 2.86 bits per heavy atom. The van der Waals surface area contributed by atoms with Gasteiger partial charge in [-0.15, -0.1) is 0 Å². The predicted octanol–water partition coefficient (Wildman–Crippen LogP) is 3.68. The Morgan fingerprint density at radius 2 is 2.05 bits per heavy atom. The highest BCUT2D eigenvalue weighted by Crippen LogP contribution is 2.20. The molecule has 4 nitrogen and oxygen atoms in total. The fourth-order valence-corrected chi connectivity index (χ4v) is 2.30. The number of hydrogen-bond acceptors (Lipinski definition) is 3. The molecule has 112 valence electrons. The standard InChI is InChI=1S/C18H17NO3/c1-12-6-7-14-10-17(22-16(14)8-12)18(20)19-11-13-4-3-5-15(9-13)21-2/h3-10H,11H2,1-2H3,(H,19,20). The van der Waals surface area contributed by atoms with Gasteiger partial charge in [0.15, 0.2) is 5.76 Å². The zero-order valence-electron chi connectivity index (χ0n) is 12.6. The second-order valence-corrected chi connectivity index (χ2v) is 5.19. The molecule has 0 aliphatic rings. The summed E-state index contributed by atoms with van der Waals surface area (Å²) < 4.78 is 10.8. The molecule has 3 rings (SSSR count). The third-order valence-electron chi connectivity index (χ3n) is 3.49. The van der Waals surface area contributed by atoms with Gasteiger partial charge < -0.3 is 14.5 Å². The number of ether oxygens (including phenoxy) is 1. The van der Waals surface area contributed by atoms with Gasteiger partial charge in [0.25, 0.3) is 5.91 Å². The van der Waals surface area contributed by atoms with Crippen LogP contribution in [0, 0.1) is 6.92 Å². The van der Waals surface area contributed by atoms with Gasteiger partial charge in [0, 0.05) is 11.9 Å². The van der Waals surface area contributed by atoms with E-state index in [2.05, 4.69) is 5.32 Å². The van der Waals surface area contributed by atoms with E-state index in [0.29, 0.717) is 12.3 Å². The summed E-state index contributed by atoms with van der Waals surface area (Å²) in [6.07, 6.45) is 0. The van der Waals surface area contributed by atoms with Gasteiger partial charge in [0.05, 0.1) is 7.11 Å². The number of amides is 1. The first-order chi connectivity index (χ1) is 10.7. The van der Waals surface area contributed by atoms with Crippen molar-refractivity contribution in [1.82, 2.24) is 5.32 Å². The molecule has 1 aromatic heterocycles. The molecule has 0 saturated carbocycles. The topological polar surface area (TPSA) is 51.5 Å². The van der Waals surface area contributed by atoms with Crippen molar-refractivity contribution in [2.45, 2.75) is 13.5 Å². The Balaban J connectivity index is 1.72. The van der Waals surface area contributed by atoms with Crippen LogP contribution in [0.15, 0.2) is 52.9 Å². The minimum absolute atomic E-state index is 0.225. The summed E-state index contributed by atoms with van der Waals surface area (Å²) in [4.78, 5) is 12.2. The Kier molecular flexibility index (Phi) is 3.83. The van der Waals surface area contributed by atoms with Gasteiger partial charge in [-0.1, -0.05) is 24.3 Å². The number of aryl methyl sites for hydroxylation is 1. The average Bonchev–Trinajstić information content (AvgIpc) is 2.96. The molecule has 3 aromatic rings. The number of fused-ring (bicyclic) bond motifs is 1. The van der Waals surface area contributed by atoms with E-state index in [1.54, 1.807) is 13.2 Å². The van der Waals surface area contributed by atoms with Gasteiger partial charge in [-0.05, 0) is 42.3 Å². The number of rotatable bonds is 4. The fourth-order valence-electron chi connectivity index (χ4n) is 2.30. The molecule has 0 atom stereocenters. The minimum Gasteiger partial charge on any atom is -0.497 e. The summed E-state index contributed by atoms with van der Waals surface area (Å²) in [5.41, 5.74) is 2.80. The molecule has 1 heterocycles. The molecule has 0 unspecified atom stereocenters. The lowest BCUT2D eigenvalue weighted by atomic mass is 10.2. The molecular formula is C18H17NO3. The zero-order valence-corrected chi connectivity index (χ0v) is 12.6. The summed E-state index contributed by atoms with van der Waals surface area (Å²) >= 11 is 0. The molecular weight excluding hydrogens is 278 g/mol. The Morgan fingerprint density at radius 1 is 1.18 bits per heavy atom. The highest BCUT2D eigenvalue weighted by Gasteiger charge is 2.12. The SMILES string of the molecule is COc1cccc(CNC(=O)c2cc3ccc(C)cc3o2)c1. The second kappa shape index (κ2) is 5.93. The van der Waals surface area contributed by atoms with E-state index in [-0.39, 0.29) is 5.91 Å². The van der Waals surface area contributed by atoms with E-state index < -0.39 is 0 Å². The maximum Gasteiger partial charge on any atom is 0.287 e. The molecule has 0 spiro atoms. The first-order valence-electron chi connectivity index (χ1n) is 7.07. The maximum absolute atomic E-state index is 12.2. The monoisotopic (exact) mass is 295 g/mol. The molecule has 0 saturated heterocycles. The molecule has 1 N–H and O–H groups in total. The molecule has 0 aliphatic heterocycles. The van der Waals surface area contributed by atoms with Crippen LogP contribution >= 0.6 is 0 Å². The lowest BCUT2D eigenvalue weighted by Crippen LogP contribution is -2.22. The Bertz CT molecular complexity index is 820. The third-order valence-corrected chi connectivity index (χ3v) is 3.49. The van der Waals surface area contributed by atoms with Crippen LogP contribution in [-0.4, -0.2) is 13.0 Å². The van der Waals surface area contributed by atoms with Crippen LogP contribution in [0.4, 0.5) is 0 Å². The predicted molar refractivity (Wildman–Crippen MR) is 85.1 cm³/mol. The minimum atomic E-state index is -0.225. The van der Waals surface area contributed by atoms with Gasteiger partial charge in [0.1, 0.15) is 11.3 Å². The van der Waals surface area contributed by atoms with Crippen LogP contribution in [0.1, 0.15) is 21.7 Å². The number of carbonyl (C=O) groups excluding carboxylic acids is 1. The summed E-state index contributed by atoms with van der Waals surface area (Å²) in [6, 6.07) is 15.2. The lowest BCUT2D eigenvalue weighted by Gasteiger charge is -2.05. The first kappa shape index (κ1) is 14.2. The summed E-state index contributed by atoms with van der Waals surface area (Å²) in [5, 5.41) is 3.78. The van der Waals surface area contributed by atoms with Crippen LogP contribution in [0.5, 0.6) is 5.75 Å². The van der Waals surface area contributed by atoms with Crippen molar-refractivity contribution in [1.29, 1.82) is 0 Å². The van der Waals surface area contributed by atoms with Crippen molar-refractivity contribution >= 4 is 16.9 Å². The number of hydrogen-bond donors (Lipinski definition) is 1. The van der Waals surface area contributed by atoms with E-state index in [9.17, 15) is 4.79 Å². The van der Waals surface area contributed by atoms with Crippen LogP contribution in [-0.2, 0) is 6.54 Å². The number of nitrogens with one attached hydrogen (secondary N) is 1. The smallest absolute Gasteiger partial charge is 0.287 e. The summed E-state index contributed by atoms with van der Waals surface area (Å²) in [6.45, 7) is 2.41. The van der Waals surface area contributed by atoms with E-state index in [0.717, 1.165) is 27.8 Å². The zero-order chi connectivity index (χ0) is 15.5. The largest absolute Gasteiger partial charge is 0.497 e. The van der Waals surface area contributed by atoms with E-state index in [1.807, 2.05) is 49.4 Å². The van der Waals surface area contributed by atoms with E-state index in [4.69, 9.17) is 9.15 Å². The molecule has 1 amide bonds. The molecule has 0 fully saturated rings. The van der Waals surface area contributed by atoms with Crippen molar-refractivity contribution in [3.05, 3.63) is 65.4 Å². The van der Waals surface area contributed by atoms with Crippen molar-refractivity contribution in [2.24, 2.45) is 0 Å². The van der Waals surface area contributed by atoms with Crippen molar-refractivity contribution in [2.75, 3.05) is 7.11 Å². The van der Waals surface area contributed by atoms with Crippen LogP contribution in [0.2, 0.25) is 0 Å². The lowest BCUT2D eigenvalue weighted by molar-refractivity contribution is 0.0925. The second-order valence-electron chi connectivity index (χ2n) is 5.19. The molecule has 0 radical (unpaired) electrons. The number of benzene rings is 2. The third kappa shape index (κ3) is 2.96. The van der Waals surface area contributed by atoms with E-state index >= 15 is 0 Å². The molecule has 22 heavy (non-hydrogen) atoms. The van der Waals surface area contributed by atoms with Crippen LogP contribution in [0.3, 0.4) is 0 Å². The van der Waals surface area contributed by atoms with Gasteiger partial charge in [0.2, 0.25) is 0 Å². The molecule has 2 aromatic carbocycles. The average molecular weight is 295 g/mol. The summed E-state index contributed by atoms with van der Waals surface area (Å²) in [5.74, 6) is 0.867. The van der Waals surface area contributed by atoms with Crippen molar-refractivity contribution < 1.29 is 13.9 Å². The molecule has 4 heteroatoms. The van der Waals surface area contributed by atoms with Gasteiger partial charge in [-0.3, -0.25) is 4.79 Å². The van der Waals surface area contributed by atoms with Gasteiger partial charge in [-0.25, -0.2) is 0 Å². The highest BCUT2D eigenvalue weighted by molar-refractivity contribution is 5.96. The van der Waals surface area contributed by atoms with Gasteiger partial charge >= 0.3 is 0 Å². The highest BCUT2D eigenvalue weighted by atomic mass is 16.5. The molecule has 0 aliphatic carbocycles. The maximum atomic E-state index is 12.2. The first-order valence-corrected chi connectivity index (χ1v) is 7.07. The van der Waals surface area contributed by atoms with Gasteiger partial charge in [-0.2, -0.15) is 0 Å². The van der Waals surface area contributed by atoms with Crippen molar-refractivity contribution in [3.8, 4) is 5.75 Å². The summed E-state index contributed by atoms with van der Waals surface area (Å²) in [7, 11) is 1.62. The fraction of sp³-hybridized carbons (Fsp3) is 0.167. The van der Waals surface area contributed by atoms with Crippen LogP contribution in [0.25, 0.3) is 11.0 Å². The number of methoxy groups -OCH3 is 1. The van der Waals surface area contributed by atoms with E-state index in [1.165, 1.54) is 0 Å². The van der Waals surface area contributed by atoms with Crippen molar-refractivity contribution in [3.63, 3.8) is 0 Å². The number of carbonyl (C=O) groups is 1. The number of furan rings is 1. The Labute approximate surface area is 128 Å².